The highest BCUT2D eigenvalue weighted by Gasteiger charge is 2.29. The van der Waals surface area contributed by atoms with Crippen LogP contribution in [-0.4, -0.2) is 11.9 Å². The summed E-state index contributed by atoms with van der Waals surface area (Å²) in [4.78, 5) is 11.9. The first-order chi connectivity index (χ1) is 8.58. The van der Waals surface area contributed by atoms with E-state index in [2.05, 4.69) is 21.2 Å². The molecule has 2 atom stereocenters. The van der Waals surface area contributed by atoms with Crippen LogP contribution in [0.3, 0.4) is 0 Å². The smallest absolute Gasteiger partial charge is 0.224 e. The first-order valence-electron chi connectivity index (χ1n) is 6.05. The zero-order valence-electron chi connectivity index (χ0n) is 9.96. The van der Waals surface area contributed by atoms with E-state index in [4.69, 9.17) is 5.73 Å². The lowest BCUT2D eigenvalue weighted by Gasteiger charge is -2.15. The van der Waals surface area contributed by atoms with E-state index < -0.39 is 0 Å². The van der Waals surface area contributed by atoms with Gasteiger partial charge in [0.1, 0.15) is 5.82 Å². The Kier molecular flexibility index (Phi) is 4.35. The van der Waals surface area contributed by atoms with Crippen LogP contribution in [-0.2, 0) is 11.3 Å². The van der Waals surface area contributed by atoms with Crippen LogP contribution in [0.25, 0.3) is 0 Å². The Morgan fingerprint density at radius 1 is 1.50 bits per heavy atom. The molecule has 0 radical (unpaired) electrons. The molecular weight excluding hydrogens is 299 g/mol. The summed E-state index contributed by atoms with van der Waals surface area (Å²) in [5.74, 6) is -0.506. The van der Waals surface area contributed by atoms with Crippen molar-refractivity contribution in [2.75, 3.05) is 0 Å². The summed E-state index contributed by atoms with van der Waals surface area (Å²) in [7, 11) is 0. The average Bonchev–Trinajstić information content (AvgIpc) is 2.76. The number of carbonyl (C=O) groups excluding carboxylic acids is 1. The molecule has 1 aliphatic rings. The maximum absolute atomic E-state index is 13.5. The fourth-order valence-corrected chi connectivity index (χ4v) is 2.71. The van der Waals surface area contributed by atoms with Crippen LogP contribution in [0.2, 0.25) is 0 Å². The highest BCUT2D eigenvalue weighted by atomic mass is 79.9. The predicted molar refractivity (Wildman–Crippen MR) is 71.3 cm³/mol. The van der Waals surface area contributed by atoms with E-state index in [1.165, 1.54) is 6.07 Å². The van der Waals surface area contributed by atoms with Gasteiger partial charge >= 0.3 is 0 Å². The number of nitrogens with two attached hydrogens (primary N) is 1. The van der Waals surface area contributed by atoms with E-state index >= 15 is 0 Å². The van der Waals surface area contributed by atoms with Crippen molar-refractivity contribution < 1.29 is 9.18 Å². The molecule has 1 amide bonds. The minimum absolute atomic E-state index is 0.0580. The van der Waals surface area contributed by atoms with Gasteiger partial charge in [0.25, 0.3) is 0 Å². The molecule has 1 aromatic carbocycles. The van der Waals surface area contributed by atoms with Gasteiger partial charge in [-0.05, 0) is 31.0 Å². The normalized spacial score (nSPS) is 23.1. The first-order valence-corrected chi connectivity index (χ1v) is 6.84. The molecule has 1 aromatic rings. The fourth-order valence-electron chi connectivity index (χ4n) is 2.31. The third kappa shape index (κ3) is 3.09. The summed E-state index contributed by atoms with van der Waals surface area (Å²) in [5.41, 5.74) is 6.34. The van der Waals surface area contributed by atoms with Gasteiger partial charge in [0, 0.05) is 22.6 Å². The van der Waals surface area contributed by atoms with Crippen LogP contribution in [0.5, 0.6) is 0 Å². The van der Waals surface area contributed by atoms with Gasteiger partial charge in [-0.3, -0.25) is 4.79 Å². The number of hydrogen-bond donors (Lipinski definition) is 2. The fraction of sp³-hybridized carbons (Fsp3) is 0.462. The van der Waals surface area contributed by atoms with E-state index in [1.54, 1.807) is 12.1 Å². The summed E-state index contributed by atoms with van der Waals surface area (Å²) >= 11 is 3.28. The topological polar surface area (TPSA) is 55.1 Å². The number of nitrogens with one attached hydrogen (secondary N) is 1. The van der Waals surface area contributed by atoms with Crippen LogP contribution in [0, 0.1) is 11.7 Å². The first kappa shape index (κ1) is 13.5. The molecule has 3 N–H and O–H groups in total. The van der Waals surface area contributed by atoms with Crippen LogP contribution in [0.1, 0.15) is 24.8 Å². The molecule has 5 heteroatoms. The highest BCUT2D eigenvalue weighted by Crippen LogP contribution is 2.24. The van der Waals surface area contributed by atoms with E-state index in [-0.39, 0.29) is 30.2 Å². The number of carbonyl (C=O) groups is 1. The SMILES string of the molecule is NC1CCCC1C(=O)NCc1cc(Br)ccc1F. The molecule has 0 bridgehead atoms. The molecule has 2 unspecified atom stereocenters. The van der Waals surface area contributed by atoms with Crippen LogP contribution < -0.4 is 11.1 Å². The molecule has 1 saturated carbocycles. The molecule has 2 rings (SSSR count). The Labute approximate surface area is 114 Å². The van der Waals surface area contributed by atoms with Crippen molar-refractivity contribution in [3.63, 3.8) is 0 Å². The van der Waals surface area contributed by atoms with E-state index in [9.17, 15) is 9.18 Å². The van der Waals surface area contributed by atoms with Gasteiger partial charge in [-0.2, -0.15) is 0 Å². The van der Waals surface area contributed by atoms with Crippen molar-refractivity contribution in [3.05, 3.63) is 34.1 Å². The standard InChI is InChI=1S/C13H16BrFN2O/c14-9-4-5-11(15)8(6-9)7-17-13(18)10-2-1-3-12(10)16/h4-6,10,12H,1-3,7,16H2,(H,17,18). The quantitative estimate of drug-likeness (QED) is 0.899. The van der Waals surface area contributed by atoms with Gasteiger partial charge in [0.15, 0.2) is 0 Å². The second kappa shape index (κ2) is 5.80. The van der Waals surface area contributed by atoms with Gasteiger partial charge in [-0.1, -0.05) is 22.4 Å². The van der Waals surface area contributed by atoms with Crippen molar-refractivity contribution >= 4 is 21.8 Å². The second-order valence-corrected chi connectivity index (χ2v) is 5.57. The number of hydrogen-bond acceptors (Lipinski definition) is 2. The minimum Gasteiger partial charge on any atom is -0.352 e. The molecule has 3 nitrogen and oxygen atoms in total. The third-order valence-electron chi connectivity index (χ3n) is 3.37. The van der Waals surface area contributed by atoms with Gasteiger partial charge in [0.05, 0.1) is 5.92 Å². The monoisotopic (exact) mass is 314 g/mol. The molecule has 18 heavy (non-hydrogen) atoms. The Morgan fingerprint density at radius 2 is 2.28 bits per heavy atom. The molecule has 1 fully saturated rings. The minimum atomic E-state index is -0.311. The molecule has 0 aliphatic heterocycles. The summed E-state index contributed by atoms with van der Waals surface area (Å²) in [5, 5.41) is 2.76. The lowest BCUT2D eigenvalue weighted by molar-refractivity contribution is -0.125. The van der Waals surface area contributed by atoms with E-state index in [0.29, 0.717) is 5.56 Å². The molecule has 1 aliphatic carbocycles. The van der Waals surface area contributed by atoms with E-state index in [0.717, 1.165) is 23.7 Å². The molecule has 98 valence electrons. The largest absolute Gasteiger partial charge is 0.352 e. The average molecular weight is 315 g/mol. The van der Waals surface area contributed by atoms with Gasteiger partial charge in [-0.25, -0.2) is 4.39 Å². The predicted octanol–water partition coefficient (Wildman–Crippen LogP) is 2.33. The molecule has 0 spiro atoms. The maximum atomic E-state index is 13.5. The lowest BCUT2D eigenvalue weighted by Crippen LogP contribution is -2.38. The zero-order chi connectivity index (χ0) is 13.1. The molecule has 0 aromatic heterocycles. The molecule has 0 heterocycles. The van der Waals surface area contributed by atoms with Gasteiger partial charge < -0.3 is 11.1 Å². The van der Waals surface area contributed by atoms with Crippen molar-refractivity contribution in [2.24, 2.45) is 11.7 Å². The van der Waals surface area contributed by atoms with Crippen LogP contribution in [0.4, 0.5) is 4.39 Å². The van der Waals surface area contributed by atoms with Gasteiger partial charge in [0.2, 0.25) is 5.91 Å². The van der Waals surface area contributed by atoms with Crippen molar-refractivity contribution in [1.82, 2.24) is 5.32 Å². The Morgan fingerprint density at radius 3 is 2.94 bits per heavy atom. The summed E-state index contributed by atoms with van der Waals surface area (Å²) < 4.78 is 14.3. The summed E-state index contributed by atoms with van der Waals surface area (Å²) in [6.07, 6.45) is 2.71. The Hall–Kier alpha value is -0.940. The van der Waals surface area contributed by atoms with Gasteiger partial charge in [-0.15, -0.1) is 0 Å². The zero-order valence-corrected chi connectivity index (χ0v) is 11.5. The number of halogens is 2. The summed E-state index contributed by atoms with van der Waals surface area (Å²) in [6, 6.07) is 4.63. The third-order valence-corrected chi connectivity index (χ3v) is 3.86. The maximum Gasteiger partial charge on any atom is 0.224 e. The van der Waals surface area contributed by atoms with Crippen LogP contribution in [0.15, 0.2) is 22.7 Å². The van der Waals surface area contributed by atoms with Crippen molar-refractivity contribution in [3.8, 4) is 0 Å². The van der Waals surface area contributed by atoms with Crippen molar-refractivity contribution in [1.29, 1.82) is 0 Å². The Balaban J connectivity index is 1.95. The second-order valence-electron chi connectivity index (χ2n) is 4.65. The highest BCUT2D eigenvalue weighted by molar-refractivity contribution is 9.10. The van der Waals surface area contributed by atoms with E-state index in [1.807, 2.05) is 0 Å². The number of amides is 1. The van der Waals surface area contributed by atoms with Crippen molar-refractivity contribution in [2.45, 2.75) is 31.8 Å². The molecular formula is C13H16BrFN2O. The van der Waals surface area contributed by atoms with Crippen LogP contribution >= 0.6 is 15.9 Å². The number of benzene rings is 1. The lowest BCUT2D eigenvalue weighted by atomic mass is 10.0. The molecule has 0 saturated heterocycles. The Bertz CT molecular complexity index is 453. The summed E-state index contributed by atoms with van der Waals surface area (Å²) in [6.45, 7) is 0.202. The number of rotatable bonds is 3.